The average Bonchev–Trinajstić information content (AvgIpc) is 2.67. The van der Waals surface area contributed by atoms with Crippen LogP contribution in [0.5, 0.6) is 0 Å². The number of methoxy groups -OCH3 is 1. The smallest absolute Gasteiger partial charge is 0.0766 e. The molecular formula is C17H36O9. The molecule has 0 aromatic rings. The normalized spacial score (nSPS) is 10.3. The fourth-order valence-electron chi connectivity index (χ4n) is 1.33. The molecule has 2 N–H and O–H groups in total. The van der Waals surface area contributed by atoms with Gasteiger partial charge in [0, 0.05) is 0 Å². The van der Waals surface area contributed by atoms with Crippen molar-refractivity contribution in [3.8, 4) is 0 Å². The lowest BCUT2D eigenvalue weighted by Crippen LogP contribution is -2.14. The van der Waals surface area contributed by atoms with E-state index in [1.54, 1.807) is 7.11 Å². The zero-order valence-electron chi connectivity index (χ0n) is 15.9. The first-order chi connectivity index (χ1) is 12.8. The Labute approximate surface area is 156 Å². The number of hydrogen-bond acceptors (Lipinski definition) is 9. The van der Waals surface area contributed by atoms with Gasteiger partial charge in [-0.3, -0.25) is 0 Å². The molecule has 158 valence electrons. The summed E-state index contributed by atoms with van der Waals surface area (Å²) in [5.74, 6) is 0. The predicted octanol–water partition coefficient (Wildman–Crippen LogP) is -0.153. The third kappa shape index (κ3) is 31.0. The summed E-state index contributed by atoms with van der Waals surface area (Å²) in [4.78, 5) is 0. The molecule has 0 fully saturated rings. The Kier molecular flexibility index (Phi) is 30.6. The van der Waals surface area contributed by atoms with E-state index in [0.717, 1.165) is 0 Å². The summed E-state index contributed by atoms with van der Waals surface area (Å²) in [5.41, 5.74) is 0. The third-order valence-corrected chi connectivity index (χ3v) is 2.50. The Hall–Kier alpha value is -0.780. The number of aliphatic hydroxyl groups excluding tert-OH is 2. The Morgan fingerprint density at radius 2 is 0.731 bits per heavy atom. The molecule has 0 saturated heterocycles. The standard InChI is InChI=1S/C14H30O8.C3H6O/c15-1-3-17-5-7-19-9-11-21-13-14-22-12-10-20-8-6-18-4-2-16;1-3-4-2/h15-16H,1-14H2;3H,1H2,2H3. The second kappa shape index (κ2) is 29.0. The van der Waals surface area contributed by atoms with E-state index in [2.05, 4.69) is 11.3 Å². The van der Waals surface area contributed by atoms with Crippen molar-refractivity contribution in [1.82, 2.24) is 0 Å². The Morgan fingerprint density at radius 3 is 0.885 bits per heavy atom. The lowest BCUT2D eigenvalue weighted by Gasteiger charge is -2.07. The van der Waals surface area contributed by atoms with Crippen molar-refractivity contribution in [2.45, 2.75) is 0 Å². The molecule has 0 atom stereocenters. The minimum absolute atomic E-state index is 0.0334. The van der Waals surface area contributed by atoms with Gasteiger partial charge >= 0.3 is 0 Å². The Bertz CT molecular complexity index is 222. The lowest BCUT2D eigenvalue weighted by molar-refractivity contribution is -0.0194. The van der Waals surface area contributed by atoms with Gasteiger partial charge in [0.2, 0.25) is 0 Å². The number of aliphatic hydroxyl groups is 2. The monoisotopic (exact) mass is 384 g/mol. The molecule has 0 heterocycles. The second-order valence-corrected chi connectivity index (χ2v) is 4.52. The molecule has 0 aliphatic rings. The van der Waals surface area contributed by atoms with Gasteiger partial charge in [-0.05, 0) is 0 Å². The largest absolute Gasteiger partial charge is 0.505 e. The molecule has 0 saturated carbocycles. The van der Waals surface area contributed by atoms with Crippen LogP contribution in [0.4, 0.5) is 0 Å². The highest BCUT2D eigenvalue weighted by Crippen LogP contribution is 1.84. The van der Waals surface area contributed by atoms with Crippen molar-refractivity contribution < 1.29 is 43.4 Å². The van der Waals surface area contributed by atoms with Crippen LogP contribution in [0, 0.1) is 0 Å². The summed E-state index contributed by atoms with van der Waals surface area (Å²) in [5, 5.41) is 17.0. The van der Waals surface area contributed by atoms with Gasteiger partial charge in [0.15, 0.2) is 0 Å². The average molecular weight is 384 g/mol. The fourth-order valence-corrected chi connectivity index (χ4v) is 1.33. The van der Waals surface area contributed by atoms with Crippen molar-refractivity contribution in [3.63, 3.8) is 0 Å². The number of ether oxygens (including phenoxy) is 7. The van der Waals surface area contributed by atoms with E-state index >= 15 is 0 Å². The van der Waals surface area contributed by atoms with Crippen molar-refractivity contribution in [3.05, 3.63) is 12.8 Å². The van der Waals surface area contributed by atoms with Crippen LogP contribution in [-0.4, -0.2) is 110 Å². The van der Waals surface area contributed by atoms with Gasteiger partial charge in [0.25, 0.3) is 0 Å². The summed E-state index contributed by atoms with van der Waals surface area (Å²) in [6.07, 6.45) is 1.38. The molecule has 0 rings (SSSR count). The molecule has 9 heteroatoms. The molecule has 0 spiro atoms. The fraction of sp³-hybridized carbons (Fsp3) is 0.882. The quantitative estimate of drug-likeness (QED) is 0.219. The van der Waals surface area contributed by atoms with Crippen LogP contribution in [0.1, 0.15) is 0 Å². The van der Waals surface area contributed by atoms with E-state index in [9.17, 15) is 0 Å². The summed E-state index contributed by atoms with van der Waals surface area (Å²) >= 11 is 0. The van der Waals surface area contributed by atoms with Gasteiger partial charge in [-0.2, -0.15) is 0 Å². The van der Waals surface area contributed by atoms with Crippen molar-refractivity contribution in [2.24, 2.45) is 0 Å². The maximum absolute atomic E-state index is 8.48. The predicted molar refractivity (Wildman–Crippen MR) is 96.3 cm³/mol. The highest BCUT2D eigenvalue weighted by molar-refractivity contribution is 4.43. The minimum atomic E-state index is 0.0334. The summed E-state index contributed by atoms with van der Waals surface area (Å²) in [6, 6.07) is 0. The van der Waals surface area contributed by atoms with E-state index < -0.39 is 0 Å². The van der Waals surface area contributed by atoms with Gasteiger partial charge in [-0.25, -0.2) is 0 Å². The molecule has 0 unspecified atom stereocenters. The summed E-state index contributed by atoms with van der Waals surface area (Å²) in [6.45, 7) is 9.07. The first-order valence-electron chi connectivity index (χ1n) is 8.65. The van der Waals surface area contributed by atoms with Gasteiger partial charge in [-0.15, -0.1) is 0 Å². The molecule has 0 aliphatic carbocycles. The molecule has 9 nitrogen and oxygen atoms in total. The van der Waals surface area contributed by atoms with Gasteiger partial charge < -0.3 is 43.4 Å². The van der Waals surface area contributed by atoms with Crippen LogP contribution in [0.15, 0.2) is 12.8 Å². The van der Waals surface area contributed by atoms with Crippen molar-refractivity contribution in [1.29, 1.82) is 0 Å². The molecule has 0 aliphatic heterocycles. The van der Waals surface area contributed by atoms with Crippen LogP contribution in [0.3, 0.4) is 0 Å². The Balaban J connectivity index is 0. The first-order valence-corrected chi connectivity index (χ1v) is 8.65. The maximum Gasteiger partial charge on any atom is 0.0766 e. The van der Waals surface area contributed by atoms with E-state index in [1.165, 1.54) is 6.26 Å². The molecule has 26 heavy (non-hydrogen) atoms. The minimum Gasteiger partial charge on any atom is -0.505 e. The van der Waals surface area contributed by atoms with E-state index in [0.29, 0.717) is 79.3 Å². The summed E-state index contributed by atoms with van der Waals surface area (Å²) < 4.78 is 35.5. The topological polar surface area (TPSA) is 105 Å². The van der Waals surface area contributed by atoms with E-state index in [-0.39, 0.29) is 13.2 Å². The molecule has 0 aromatic heterocycles. The molecule has 0 radical (unpaired) electrons. The van der Waals surface area contributed by atoms with Crippen LogP contribution in [0.2, 0.25) is 0 Å². The first kappa shape index (κ1) is 27.4. The zero-order valence-corrected chi connectivity index (χ0v) is 15.9. The zero-order chi connectivity index (χ0) is 19.6. The highest BCUT2D eigenvalue weighted by Gasteiger charge is 1.93. The Morgan fingerprint density at radius 1 is 0.538 bits per heavy atom. The highest BCUT2D eigenvalue weighted by atomic mass is 16.6. The SMILES string of the molecule is C=COC.OCCOCCOCCOCCOCCOCCOCCO. The molecule has 0 bridgehead atoms. The van der Waals surface area contributed by atoms with E-state index in [1.807, 2.05) is 0 Å². The third-order valence-electron chi connectivity index (χ3n) is 2.50. The van der Waals surface area contributed by atoms with Crippen LogP contribution in [0.25, 0.3) is 0 Å². The number of hydrogen-bond donors (Lipinski definition) is 2. The van der Waals surface area contributed by atoms with Crippen LogP contribution >= 0.6 is 0 Å². The number of rotatable bonds is 20. The summed E-state index contributed by atoms with van der Waals surface area (Å²) in [7, 11) is 1.56. The van der Waals surface area contributed by atoms with Crippen molar-refractivity contribution in [2.75, 3.05) is 99.6 Å². The van der Waals surface area contributed by atoms with Crippen LogP contribution in [-0.2, 0) is 33.2 Å². The molecule has 0 amide bonds. The molecule has 0 aromatic carbocycles. The molecular weight excluding hydrogens is 348 g/mol. The van der Waals surface area contributed by atoms with Crippen molar-refractivity contribution >= 4 is 0 Å². The van der Waals surface area contributed by atoms with Gasteiger partial charge in [0.1, 0.15) is 0 Å². The maximum atomic E-state index is 8.48. The van der Waals surface area contributed by atoms with E-state index in [4.69, 9.17) is 38.6 Å². The second-order valence-electron chi connectivity index (χ2n) is 4.52. The van der Waals surface area contributed by atoms with Gasteiger partial charge in [0.05, 0.1) is 106 Å². The van der Waals surface area contributed by atoms with Crippen LogP contribution < -0.4 is 0 Å². The van der Waals surface area contributed by atoms with Gasteiger partial charge in [-0.1, -0.05) is 6.58 Å². The lowest BCUT2D eigenvalue weighted by atomic mass is 10.7.